The molecular formula is C12H12ClFN2O2. The fourth-order valence-corrected chi connectivity index (χ4v) is 1.98. The lowest BCUT2D eigenvalue weighted by Crippen LogP contribution is -2.31. The molecule has 2 rings (SSSR count). The number of benzene rings is 1. The molecule has 0 aliphatic carbocycles. The third-order valence-corrected chi connectivity index (χ3v) is 3.09. The van der Waals surface area contributed by atoms with E-state index in [1.54, 1.807) is 6.07 Å². The minimum absolute atomic E-state index is 0.0273. The molecular weight excluding hydrogens is 259 g/mol. The van der Waals surface area contributed by atoms with Gasteiger partial charge >= 0.3 is 0 Å². The van der Waals surface area contributed by atoms with E-state index in [1.807, 2.05) is 0 Å². The van der Waals surface area contributed by atoms with Gasteiger partial charge in [0.1, 0.15) is 5.82 Å². The molecule has 0 bridgehead atoms. The van der Waals surface area contributed by atoms with Gasteiger partial charge < -0.3 is 10.6 Å². The second kappa shape index (κ2) is 5.35. The van der Waals surface area contributed by atoms with Crippen molar-refractivity contribution in [1.82, 2.24) is 10.6 Å². The molecule has 1 heterocycles. The van der Waals surface area contributed by atoms with Gasteiger partial charge in [0.2, 0.25) is 11.8 Å². The standard InChI is InChI=1S/C12H12ClFN2O2/c13-9-3-7(1-2-10(9)14)5-16-12(18)8-4-11(17)15-6-8/h1-3,8H,4-6H2,(H,15,17)(H,16,18). The van der Waals surface area contributed by atoms with Crippen LogP contribution in [0, 0.1) is 11.7 Å². The van der Waals surface area contributed by atoms with Crippen LogP contribution in [0.1, 0.15) is 12.0 Å². The normalized spacial score (nSPS) is 18.6. The first-order valence-corrected chi connectivity index (χ1v) is 5.92. The largest absolute Gasteiger partial charge is 0.355 e. The lowest BCUT2D eigenvalue weighted by atomic mass is 10.1. The van der Waals surface area contributed by atoms with Crippen molar-refractivity contribution in [3.8, 4) is 0 Å². The van der Waals surface area contributed by atoms with Crippen molar-refractivity contribution in [2.75, 3.05) is 6.54 Å². The van der Waals surface area contributed by atoms with Crippen molar-refractivity contribution >= 4 is 23.4 Å². The quantitative estimate of drug-likeness (QED) is 0.868. The van der Waals surface area contributed by atoms with E-state index in [0.29, 0.717) is 12.1 Å². The molecule has 2 N–H and O–H groups in total. The number of hydrogen-bond acceptors (Lipinski definition) is 2. The summed E-state index contributed by atoms with van der Waals surface area (Å²) in [6.07, 6.45) is 0.218. The Kier molecular flexibility index (Phi) is 3.81. The summed E-state index contributed by atoms with van der Waals surface area (Å²) in [7, 11) is 0. The molecule has 1 aromatic carbocycles. The Labute approximate surface area is 109 Å². The minimum atomic E-state index is -0.489. The summed E-state index contributed by atoms with van der Waals surface area (Å²) >= 11 is 5.63. The van der Waals surface area contributed by atoms with Crippen LogP contribution in [0.3, 0.4) is 0 Å². The highest BCUT2D eigenvalue weighted by molar-refractivity contribution is 6.30. The molecule has 0 saturated carbocycles. The molecule has 18 heavy (non-hydrogen) atoms. The van der Waals surface area contributed by atoms with Crippen LogP contribution >= 0.6 is 11.6 Å². The fraction of sp³-hybridized carbons (Fsp3) is 0.333. The average molecular weight is 271 g/mol. The molecule has 2 amide bonds. The second-order valence-corrected chi connectivity index (χ2v) is 4.58. The van der Waals surface area contributed by atoms with Crippen LogP contribution in [-0.2, 0) is 16.1 Å². The van der Waals surface area contributed by atoms with Gasteiger partial charge in [-0.25, -0.2) is 4.39 Å². The molecule has 1 aliphatic heterocycles. The Morgan fingerprint density at radius 1 is 1.56 bits per heavy atom. The van der Waals surface area contributed by atoms with E-state index < -0.39 is 5.82 Å². The maximum absolute atomic E-state index is 12.9. The molecule has 0 aromatic heterocycles. The predicted octanol–water partition coefficient (Wildman–Crippen LogP) is 1.23. The summed E-state index contributed by atoms with van der Waals surface area (Å²) in [5.74, 6) is -1.11. The fourth-order valence-electron chi connectivity index (χ4n) is 1.77. The molecule has 4 nitrogen and oxygen atoms in total. The predicted molar refractivity (Wildman–Crippen MR) is 64.4 cm³/mol. The highest BCUT2D eigenvalue weighted by Crippen LogP contribution is 2.16. The number of hydrogen-bond donors (Lipinski definition) is 2. The average Bonchev–Trinajstić information content (AvgIpc) is 2.77. The van der Waals surface area contributed by atoms with Gasteiger partial charge in [0.15, 0.2) is 0 Å². The maximum Gasteiger partial charge on any atom is 0.225 e. The van der Waals surface area contributed by atoms with Crippen LogP contribution < -0.4 is 10.6 Å². The first-order valence-electron chi connectivity index (χ1n) is 5.54. The van der Waals surface area contributed by atoms with Crippen molar-refractivity contribution in [1.29, 1.82) is 0 Å². The Morgan fingerprint density at radius 3 is 2.94 bits per heavy atom. The van der Waals surface area contributed by atoms with E-state index in [-0.39, 0.29) is 35.7 Å². The molecule has 0 radical (unpaired) electrons. The van der Waals surface area contributed by atoms with Gasteiger partial charge in [-0.15, -0.1) is 0 Å². The molecule has 1 aromatic rings. The summed E-state index contributed by atoms with van der Waals surface area (Å²) in [5, 5.41) is 5.32. The van der Waals surface area contributed by atoms with Gasteiger partial charge in [0.25, 0.3) is 0 Å². The summed E-state index contributed by atoms with van der Waals surface area (Å²) < 4.78 is 12.9. The van der Waals surface area contributed by atoms with Gasteiger partial charge in [0.05, 0.1) is 10.9 Å². The number of amides is 2. The van der Waals surface area contributed by atoms with Crippen LogP contribution in [0.25, 0.3) is 0 Å². The van der Waals surface area contributed by atoms with Crippen molar-refractivity contribution in [2.45, 2.75) is 13.0 Å². The van der Waals surface area contributed by atoms with Gasteiger partial charge in [-0.1, -0.05) is 17.7 Å². The monoisotopic (exact) mass is 270 g/mol. The second-order valence-electron chi connectivity index (χ2n) is 4.17. The third kappa shape index (κ3) is 2.98. The van der Waals surface area contributed by atoms with Crippen molar-refractivity contribution in [3.05, 3.63) is 34.6 Å². The van der Waals surface area contributed by atoms with E-state index in [1.165, 1.54) is 12.1 Å². The molecule has 6 heteroatoms. The highest BCUT2D eigenvalue weighted by Gasteiger charge is 2.27. The molecule has 1 atom stereocenters. The molecule has 96 valence electrons. The molecule has 1 unspecified atom stereocenters. The zero-order chi connectivity index (χ0) is 13.1. The summed E-state index contributed by atoms with van der Waals surface area (Å²) in [5.41, 5.74) is 0.715. The Bertz CT molecular complexity index is 493. The highest BCUT2D eigenvalue weighted by atomic mass is 35.5. The Balaban J connectivity index is 1.89. The summed E-state index contributed by atoms with van der Waals surface area (Å²) in [4.78, 5) is 22.7. The molecule has 0 spiro atoms. The Hall–Kier alpha value is -1.62. The van der Waals surface area contributed by atoms with Crippen molar-refractivity contribution in [2.24, 2.45) is 5.92 Å². The number of rotatable bonds is 3. The smallest absolute Gasteiger partial charge is 0.225 e. The maximum atomic E-state index is 12.9. The number of halogens is 2. The van der Waals surface area contributed by atoms with Crippen LogP contribution in [0.5, 0.6) is 0 Å². The van der Waals surface area contributed by atoms with E-state index in [2.05, 4.69) is 10.6 Å². The van der Waals surface area contributed by atoms with Gasteiger partial charge in [-0.3, -0.25) is 9.59 Å². The van der Waals surface area contributed by atoms with E-state index >= 15 is 0 Å². The van der Waals surface area contributed by atoms with Crippen LogP contribution in [0.2, 0.25) is 5.02 Å². The van der Waals surface area contributed by atoms with Crippen LogP contribution in [0.4, 0.5) is 4.39 Å². The molecule has 1 saturated heterocycles. The lowest BCUT2D eigenvalue weighted by molar-refractivity contribution is -0.126. The number of nitrogens with one attached hydrogen (secondary N) is 2. The first kappa shape index (κ1) is 12.8. The lowest BCUT2D eigenvalue weighted by Gasteiger charge is -2.09. The zero-order valence-electron chi connectivity index (χ0n) is 9.50. The number of carbonyl (C=O) groups excluding carboxylic acids is 2. The van der Waals surface area contributed by atoms with E-state index in [9.17, 15) is 14.0 Å². The van der Waals surface area contributed by atoms with E-state index in [0.717, 1.165) is 0 Å². The topological polar surface area (TPSA) is 58.2 Å². The van der Waals surface area contributed by atoms with E-state index in [4.69, 9.17) is 11.6 Å². The first-order chi connectivity index (χ1) is 8.56. The minimum Gasteiger partial charge on any atom is -0.355 e. The van der Waals surface area contributed by atoms with Gasteiger partial charge in [0, 0.05) is 19.5 Å². The van der Waals surface area contributed by atoms with Crippen molar-refractivity contribution < 1.29 is 14.0 Å². The summed E-state index contributed by atoms with van der Waals surface area (Å²) in [6.45, 7) is 0.637. The Morgan fingerprint density at radius 2 is 2.33 bits per heavy atom. The third-order valence-electron chi connectivity index (χ3n) is 2.80. The van der Waals surface area contributed by atoms with Crippen LogP contribution in [0.15, 0.2) is 18.2 Å². The molecule has 1 aliphatic rings. The van der Waals surface area contributed by atoms with Gasteiger partial charge in [-0.05, 0) is 17.7 Å². The summed E-state index contributed by atoms with van der Waals surface area (Å²) in [6, 6.07) is 4.28. The van der Waals surface area contributed by atoms with Crippen LogP contribution in [-0.4, -0.2) is 18.4 Å². The number of carbonyl (C=O) groups is 2. The molecule has 1 fully saturated rings. The van der Waals surface area contributed by atoms with Gasteiger partial charge in [-0.2, -0.15) is 0 Å². The zero-order valence-corrected chi connectivity index (χ0v) is 10.3. The van der Waals surface area contributed by atoms with Crippen molar-refractivity contribution in [3.63, 3.8) is 0 Å². The SMILES string of the molecule is O=C1CC(C(=O)NCc2ccc(F)c(Cl)c2)CN1.